The van der Waals surface area contributed by atoms with Gasteiger partial charge in [-0.2, -0.15) is 0 Å². The molecule has 0 radical (unpaired) electrons. The largest absolute Gasteiger partial charge is 0.495 e. The molecule has 3 rings (SSSR count). The van der Waals surface area contributed by atoms with Crippen LogP contribution in [0.15, 0.2) is 29.2 Å². The van der Waals surface area contributed by atoms with Crippen LogP contribution >= 0.6 is 0 Å². The highest BCUT2D eigenvalue weighted by Crippen LogP contribution is 2.21. The molecule has 0 unspecified atom stereocenters. The second-order valence-corrected chi connectivity index (χ2v) is 4.82. The zero-order valence-electron chi connectivity index (χ0n) is 11.7. The lowest BCUT2D eigenvalue weighted by atomic mass is 10.1. The second-order valence-electron chi connectivity index (χ2n) is 4.82. The maximum Gasteiger partial charge on any atom is 0.259 e. The second kappa shape index (κ2) is 5.57. The van der Waals surface area contributed by atoms with Gasteiger partial charge < -0.3 is 19.4 Å². The summed E-state index contributed by atoms with van der Waals surface area (Å²) in [4.78, 5) is 29.6. The first-order chi connectivity index (χ1) is 10.2. The molecule has 21 heavy (non-hydrogen) atoms. The topological polar surface area (TPSA) is 71.6 Å². The molecule has 1 N–H and O–H groups in total. The monoisotopic (exact) mass is 288 g/mol. The predicted octanol–water partition coefficient (Wildman–Crippen LogP) is 1.01. The van der Waals surface area contributed by atoms with Crippen LogP contribution in [0.4, 0.5) is 0 Å². The Morgan fingerprint density at radius 3 is 2.81 bits per heavy atom. The van der Waals surface area contributed by atoms with Crippen molar-refractivity contribution in [3.8, 4) is 5.75 Å². The van der Waals surface area contributed by atoms with Crippen molar-refractivity contribution < 1.29 is 14.3 Å². The van der Waals surface area contributed by atoms with Gasteiger partial charge in [0.2, 0.25) is 5.43 Å². The summed E-state index contributed by atoms with van der Waals surface area (Å²) in [5.74, 6) is 0.319. The Hall–Kier alpha value is -2.34. The van der Waals surface area contributed by atoms with Crippen LogP contribution in [0.1, 0.15) is 10.4 Å². The van der Waals surface area contributed by atoms with Crippen LogP contribution in [0.2, 0.25) is 0 Å². The fraction of sp³-hybridized carbons (Fsp3) is 0.333. The number of hydrogen-bond acceptors (Lipinski definition) is 4. The van der Waals surface area contributed by atoms with Gasteiger partial charge in [0.15, 0.2) is 0 Å². The average Bonchev–Trinajstić information content (AvgIpc) is 2.55. The molecule has 1 aromatic carbocycles. The molecule has 1 aromatic heterocycles. The van der Waals surface area contributed by atoms with Gasteiger partial charge >= 0.3 is 0 Å². The number of benzene rings is 1. The first-order valence-electron chi connectivity index (χ1n) is 6.78. The van der Waals surface area contributed by atoms with Crippen molar-refractivity contribution in [2.45, 2.75) is 0 Å². The van der Waals surface area contributed by atoms with Crippen LogP contribution in [0, 0.1) is 0 Å². The Morgan fingerprint density at radius 1 is 1.33 bits per heavy atom. The van der Waals surface area contributed by atoms with Gasteiger partial charge in [-0.25, -0.2) is 0 Å². The van der Waals surface area contributed by atoms with Gasteiger partial charge in [-0.3, -0.25) is 9.59 Å². The van der Waals surface area contributed by atoms with E-state index in [4.69, 9.17) is 9.47 Å². The zero-order valence-corrected chi connectivity index (χ0v) is 11.7. The minimum atomic E-state index is -0.279. The number of pyridine rings is 1. The number of amides is 1. The lowest BCUT2D eigenvalue weighted by molar-refractivity contribution is 0.0302. The van der Waals surface area contributed by atoms with Crippen LogP contribution in [-0.2, 0) is 4.74 Å². The van der Waals surface area contributed by atoms with Gasteiger partial charge in [0.25, 0.3) is 5.91 Å². The lowest BCUT2D eigenvalue weighted by Gasteiger charge is -2.26. The van der Waals surface area contributed by atoms with Crippen LogP contribution < -0.4 is 10.2 Å². The van der Waals surface area contributed by atoms with Gasteiger partial charge in [0.05, 0.1) is 31.2 Å². The Morgan fingerprint density at radius 2 is 2.10 bits per heavy atom. The molecule has 1 amide bonds. The van der Waals surface area contributed by atoms with E-state index in [0.717, 1.165) is 0 Å². The molecule has 6 heteroatoms. The smallest absolute Gasteiger partial charge is 0.259 e. The molecular weight excluding hydrogens is 272 g/mol. The Balaban J connectivity index is 2.06. The molecule has 2 heterocycles. The molecule has 2 aromatic rings. The fourth-order valence-electron chi connectivity index (χ4n) is 2.49. The minimum absolute atomic E-state index is 0.151. The molecule has 1 aliphatic heterocycles. The van der Waals surface area contributed by atoms with E-state index < -0.39 is 0 Å². The number of aromatic amines is 1. The van der Waals surface area contributed by atoms with E-state index in [9.17, 15) is 9.59 Å². The van der Waals surface area contributed by atoms with Gasteiger partial charge in [-0.1, -0.05) is 6.07 Å². The molecule has 0 atom stereocenters. The van der Waals surface area contributed by atoms with Crippen molar-refractivity contribution in [1.82, 2.24) is 9.88 Å². The number of carbonyl (C=O) groups excluding carboxylic acids is 1. The van der Waals surface area contributed by atoms with Crippen LogP contribution in [0.25, 0.3) is 10.9 Å². The number of fused-ring (bicyclic) bond motifs is 1. The first kappa shape index (κ1) is 13.6. The normalized spacial score (nSPS) is 15.2. The third kappa shape index (κ3) is 2.38. The van der Waals surface area contributed by atoms with Crippen molar-refractivity contribution in [2.24, 2.45) is 0 Å². The number of aromatic nitrogens is 1. The average molecular weight is 288 g/mol. The standard InChI is InChI=1S/C15H16N2O4/c1-20-12-4-2-3-10-13(12)16-9-11(14(10)18)15(19)17-5-7-21-8-6-17/h2-4,9H,5-8H2,1H3,(H,16,18). The SMILES string of the molecule is COc1cccc2c(=O)c(C(=O)N3CCOCC3)c[nH]c12. The molecular formula is C15H16N2O4. The Kier molecular flexibility index (Phi) is 3.62. The number of methoxy groups -OCH3 is 1. The number of nitrogens with one attached hydrogen (secondary N) is 1. The van der Waals surface area contributed by atoms with Crippen molar-refractivity contribution >= 4 is 16.8 Å². The van der Waals surface area contributed by atoms with Crippen LogP contribution in [0.5, 0.6) is 5.75 Å². The summed E-state index contributed by atoms with van der Waals surface area (Å²) < 4.78 is 10.4. The van der Waals surface area contributed by atoms with E-state index in [1.54, 1.807) is 30.2 Å². The van der Waals surface area contributed by atoms with Crippen molar-refractivity contribution in [1.29, 1.82) is 0 Å². The van der Waals surface area contributed by atoms with Gasteiger partial charge in [0, 0.05) is 19.3 Å². The number of para-hydroxylation sites is 1. The van der Waals surface area contributed by atoms with E-state index in [0.29, 0.717) is 43.0 Å². The molecule has 110 valence electrons. The maximum absolute atomic E-state index is 12.5. The van der Waals surface area contributed by atoms with Crippen LogP contribution in [0.3, 0.4) is 0 Å². The van der Waals surface area contributed by atoms with Crippen molar-refractivity contribution in [2.75, 3.05) is 33.4 Å². The van der Waals surface area contributed by atoms with E-state index in [-0.39, 0.29) is 16.9 Å². The highest BCUT2D eigenvalue weighted by molar-refractivity contribution is 5.98. The predicted molar refractivity (Wildman–Crippen MR) is 77.8 cm³/mol. The Labute approximate surface area is 121 Å². The summed E-state index contributed by atoms with van der Waals surface area (Å²) >= 11 is 0. The summed E-state index contributed by atoms with van der Waals surface area (Å²) in [5, 5.41) is 0.452. The van der Waals surface area contributed by atoms with Gasteiger partial charge in [0.1, 0.15) is 11.3 Å². The molecule has 6 nitrogen and oxygen atoms in total. The summed E-state index contributed by atoms with van der Waals surface area (Å²) in [6.07, 6.45) is 1.46. The first-order valence-corrected chi connectivity index (χ1v) is 6.78. The summed E-state index contributed by atoms with van der Waals surface area (Å²) in [6, 6.07) is 5.19. The quantitative estimate of drug-likeness (QED) is 0.895. The highest BCUT2D eigenvalue weighted by atomic mass is 16.5. The van der Waals surface area contributed by atoms with E-state index >= 15 is 0 Å². The van der Waals surface area contributed by atoms with Gasteiger partial charge in [-0.15, -0.1) is 0 Å². The molecule has 1 aliphatic rings. The van der Waals surface area contributed by atoms with Crippen molar-refractivity contribution in [3.05, 3.63) is 40.2 Å². The van der Waals surface area contributed by atoms with Crippen LogP contribution in [-0.4, -0.2) is 49.2 Å². The molecule has 0 spiro atoms. The van der Waals surface area contributed by atoms with E-state index in [2.05, 4.69) is 4.98 Å². The molecule has 0 bridgehead atoms. The van der Waals surface area contributed by atoms with Crippen molar-refractivity contribution in [3.63, 3.8) is 0 Å². The number of nitrogens with zero attached hydrogens (tertiary/aromatic N) is 1. The third-order valence-corrected chi connectivity index (χ3v) is 3.62. The third-order valence-electron chi connectivity index (χ3n) is 3.62. The maximum atomic E-state index is 12.5. The van der Waals surface area contributed by atoms with E-state index in [1.807, 2.05) is 0 Å². The van der Waals surface area contributed by atoms with Gasteiger partial charge in [-0.05, 0) is 12.1 Å². The molecule has 0 saturated carbocycles. The number of hydrogen-bond donors (Lipinski definition) is 1. The molecule has 0 aliphatic carbocycles. The number of rotatable bonds is 2. The van der Waals surface area contributed by atoms with E-state index in [1.165, 1.54) is 6.20 Å². The summed E-state index contributed by atoms with van der Waals surface area (Å²) in [5.41, 5.74) is 0.473. The molecule has 1 fully saturated rings. The zero-order chi connectivity index (χ0) is 14.8. The summed E-state index contributed by atoms with van der Waals surface area (Å²) in [7, 11) is 1.54. The number of morpholine rings is 1. The number of carbonyl (C=O) groups is 1. The number of H-pyrrole nitrogens is 1. The highest BCUT2D eigenvalue weighted by Gasteiger charge is 2.22. The minimum Gasteiger partial charge on any atom is -0.495 e. The fourth-order valence-corrected chi connectivity index (χ4v) is 2.49. The Bertz CT molecular complexity index is 732. The summed E-state index contributed by atoms with van der Waals surface area (Å²) in [6.45, 7) is 2.03. The number of ether oxygens (including phenoxy) is 2. The molecule has 1 saturated heterocycles. The lowest BCUT2D eigenvalue weighted by Crippen LogP contribution is -2.42.